The molecule has 0 aliphatic rings. The minimum Gasteiger partial charge on any atom is -0.507 e. The van der Waals surface area contributed by atoms with Crippen molar-refractivity contribution in [3.63, 3.8) is 0 Å². The lowest BCUT2D eigenvalue weighted by Crippen LogP contribution is -2.16. The van der Waals surface area contributed by atoms with Gasteiger partial charge < -0.3 is 15.3 Å². The molecular weight excluding hydrogens is 448 g/mol. The molecule has 0 saturated carbocycles. The fraction of sp³-hybridized carbons (Fsp3) is 0.406. The highest BCUT2D eigenvalue weighted by Gasteiger charge is 2.31. The highest BCUT2D eigenvalue weighted by atomic mass is 16.4. The summed E-state index contributed by atoms with van der Waals surface area (Å²) < 4.78 is 0. The highest BCUT2D eigenvalue weighted by molar-refractivity contribution is 5.87. The molecule has 0 spiro atoms. The van der Waals surface area contributed by atoms with Crippen molar-refractivity contribution in [2.75, 3.05) is 0 Å². The number of phenols is 2. The van der Waals surface area contributed by atoms with Crippen LogP contribution in [0.25, 0.3) is 0 Å². The van der Waals surface area contributed by atoms with E-state index in [1.54, 1.807) is 24.3 Å². The zero-order valence-corrected chi connectivity index (χ0v) is 22.9. The minimum atomic E-state index is -0.991. The van der Waals surface area contributed by atoms with Crippen LogP contribution in [0.4, 0.5) is 0 Å². The molecule has 0 radical (unpaired) electrons. The van der Waals surface area contributed by atoms with Crippen molar-refractivity contribution in [3.8, 4) is 11.5 Å². The number of carboxylic acids is 1. The molecule has 0 unspecified atom stereocenters. The summed E-state index contributed by atoms with van der Waals surface area (Å²) in [6.07, 6.45) is 1.60. The molecule has 192 valence electrons. The first-order valence-electron chi connectivity index (χ1n) is 12.7. The van der Waals surface area contributed by atoms with E-state index in [9.17, 15) is 20.1 Å². The number of benzene rings is 3. The quantitative estimate of drug-likeness (QED) is 0.311. The number of carbonyl (C=O) groups is 1. The fourth-order valence-corrected chi connectivity index (χ4v) is 4.77. The van der Waals surface area contributed by atoms with Gasteiger partial charge >= 0.3 is 5.97 Å². The van der Waals surface area contributed by atoms with Gasteiger partial charge in [0.2, 0.25) is 0 Å². The number of hydrogen-bond donors (Lipinski definition) is 3. The smallest absolute Gasteiger partial charge is 0.335 e. The summed E-state index contributed by atoms with van der Waals surface area (Å²) in [5.74, 6) is -1.04. The number of rotatable bonds is 6. The Labute approximate surface area is 215 Å². The Morgan fingerprint density at radius 2 is 1.11 bits per heavy atom. The SMILES string of the molecule is CCc1cc(C(c2ccc(C(=O)O)cc2)c2cc(CC)cc(C(C)(C)C)c2O)c(O)c(C(C)(C)C)c1. The van der Waals surface area contributed by atoms with Crippen molar-refractivity contribution >= 4 is 5.97 Å². The summed E-state index contributed by atoms with van der Waals surface area (Å²) in [4.78, 5) is 11.5. The van der Waals surface area contributed by atoms with Crippen LogP contribution in [0.15, 0.2) is 48.5 Å². The van der Waals surface area contributed by atoms with E-state index in [1.807, 2.05) is 12.1 Å². The molecule has 0 saturated heterocycles. The van der Waals surface area contributed by atoms with E-state index in [0.717, 1.165) is 40.7 Å². The zero-order chi connectivity index (χ0) is 27.0. The van der Waals surface area contributed by atoms with Gasteiger partial charge in [0.1, 0.15) is 11.5 Å². The van der Waals surface area contributed by atoms with Gasteiger partial charge in [-0.15, -0.1) is 0 Å². The average molecular weight is 489 g/mol. The third-order valence-corrected chi connectivity index (χ3v) is 6.94. The van der Waals surface area contributed by atoms with Gasteiger partial charge in [0.15, 0.2) is 0 Å². The van der Waals surface area contributed by atoms with Crippen LogP contribution in [0.5, 0.6) is 11.5 Å². The predicted molar refractivity (Wildman–Crippen MR) is 147 cm³/mol. The molecule has 0 aliphatic carbocycles. The van der Waals surface area contributed by atoms with E-state index in [4.69, 9.17) is 0 Å². The summed E-state index contributed by atoms with van der Waals surface area (Å²) in [7, 11) is 0. The Hall–Kier alpha value is -3.27. The van der Waals surface area contributed by atoms with E-state index >= 15 is 0 Å². The zero-order valence-electron chi connectivity index (χ0n) is 22.9. The molecule has 0 bridgehead atoms. The Morgan fingerprint density at radius 1 is 0.722 bits per heavy atom. The second-order valence-electron chi connectivity index (χ2n) is 11.7. The summed E-state index contributed by atoms with van der Waals surface area (Å²) >= 11 is 0. The summed E-state index contributed by atoms with van der Waals surface area (Å²) in [6.45, 7) is 16.6. The molecule has 3 aromatic carbocycles. The summed E-state index contributed by atoms with van der Waals surface area (Å²) in [5, 5.41) is 32.7. The molecule has 0 fully saturated rings. The first kappa shape index (κ1) is 27.3. The van der Waals surface area contributed by atoms with Gasteiger partial charge in [-0.2, -0.15) is 0 Å². The van der Waals surface area contributed by atoms with Crippen LogP contribution in [0.2, 0.25) is 0 Å². The van der Waals surface area contributed by atoms with Gasteiger partial charge in [-0.05, 0) is 63.6 Å². The Kier molecular flexibility index (Phi) is 7.59. The Bertz CT molecular complexity index is 1180. The van der Waals surface area contributed by atoms with Gasteiger partial charge in [-0.3, -0.25) is 0 Å². The molecule has 4 heteroatoms. The molecule has 0 aromatic heterocycles. The molecule has 4 nitrogen and oxygen atoms in total. The van der Waals surface area contributed by atoms with Crippen molar-refractivity contribution in [2.45, 2.75) is 85.0 Å². The van der Waals surface area contributed by atoms with Crippen LogP contribution in [-0.2, 0) is 23.7 Å². The largest absolute Gasteiger partial charge is 0.507 e. The second-order valence-corrected chi connectivity index (χ2v) is 11.7. The molecule has 0 amide bonds. The fourth-order valence-electron chi connectivity index (χ4n) is 4.77. The number of aryl methyl sites for hydroxylation is 2. The number of aromatic hydroxyl groups is 2. The topological polar surface area (TPSA) is 77.8 Å². The lowest BCUT2D eigenvalue weighted by atomic mass is 9.75. The predicted octanol–water partition coefficient (Wildman–Crippen LogP) is 7.70. The standard InChI is InChI=1S/C32H40O4/c1-9-19-15-23(28(33)25(17-19)31(3,4)5)27(21-11-13-22(14-12-21)30(35)36)24-16-20(10-2)18-26(29(24)34)32(6,7)8/h11-18,27,33-34H,9-10H2,1-8H3,(H,35,36). The van der Waals surface area contributed by atoms with E-state index in [2.05, 4.69) is 67.5 Å². The van der Waals surface area contributed by atoms with Gasteiger partial charge in [0.25, 0.3) is 0 Å². The van der Waals surface area contributed by atoms with Gasteiger partial charge in [-0.1, -0.05) is 91.8 Å². The summed E-state index contributed by atoms with van der Waals surface area (Å²) in [5.41, 5.74) is 5.77. The van der Waals surface area contributed by atoms with Crippen molar-refractivity contribution in [2.24, 2.45) is 0 Å². The van der Waals surface area contributed by atoms with Crippen molar-refractivity contribution in [3.05, 3.63) is 93.0 Å². The van der Waals surface area contributed by atoms with Crippen LogP contribution in [0, 0.1) is 0 Å². The molecule has 36 heavy (non-hydrogen) atoms. The van der Waals surface area contributed by atoms with Gasteiger partial charge in [0, 0.05) is 17.0 Å². The lowest BCUT2D eigenvalue weighted by Gasteiger charge is -2.30. The van der Waals surface area contributed by atoms with E-state index in [0.29, 0.717) is 11.1 Å². The van der Waals surface area contributed by atoms with Crippen LogP contribution in [-0.4, -0.2) is 21.3 Å². The first-order chi connectivity index (χ1) is 16.7. The number of phenolic OH excluding ortho intramolecular Hbond substituents is 2. The molecule has 0 heterocycles. The van der Waals surface area contributed by atoms with Crippen molar-refractivity contribution in [1.82, 2.24) is 0 Å². The third-order valence-electron chi connectivity index (χ3n) is 6.94. The monoisotopic (exact) mass is 488 g/mol. The van der Waals surface area contributed by atoms with Crippen LogP contribution in [0.3, 0.4) is 0 Å². The summed E-state index contributed by atoms with van der Waals surface area (Å²) in [6, 6.07) is 14.9. The maximum atomic E-state index is 11.7. The third kappa shape index (κ3) is 5.43. The molecule has 3 rings (SSSR count). The Balaban J connectivity index is 2.45. The molecule has 3 aromatic rings. The van der Waals surface area contributed by atoms with Gasteiger partial charge in [-0.25, -0.2) is 4.79 Å². The van der Waals surface area contributed by atoms with Crippen LogP contribution in [0.1, 0.15) is 111 Å². The molecule has 0 atom stereocenters. The number of hydrogen-bond acceptors (Lipinski definition) is 3. The van der Waals surface area contributed by atoms with Crippen molar-refractivity contribution in [1.29, 1.82) is 0 Å². The minimum absolute atomic E-state index is 0.196. The second kappa shape index (κ2) is 10.0. The van der Waals surface area contributed by atoms with Crippen molar-refractivity contribution < 1.29 is 20.1 Å². The van der Waals surface area contributed by atoms with E-state index in [-0.39, 0.29) is 27.9 Å². The maximum absolute atomic E-state index is 11.7. The number of aromatic carboxylic acids is 1. The first-order valence-corrected chi connectivity index (χ1v) is 12.7. The van der Waals surface area contributed by atoms with Crippen LogP contribution < -0.4 is 0 Å². The molecule has 3 N–H and O–H groups in total. The van der Waals surface area contributed by atoms with E-state index in [1.165, 1.54) is 0 Å². The van der Waals surface area contributed by atoms with Gasteiger partial charge in [0.05, 0.1) is 5.56 Å². The van der Waals surface area contributed by atoms with E-state index < -0.39 is 11.9 Å². The maximum Gasteiger partial charge on any atom is 0.335 e. The lowest BCUT2D eigenvalue weighted by molar-refractivity contribution is 0.0697. The normalized spacial score (nSPS) is 12.2. The molecule has 0 aliphatic heterocycles. The number of carboxylic acid groups (broad SMARTS) is 1. The Morgan fingerprint density at radius 3 is 1.42 bits per heavy atom. The highest BCUT2D eigenvalue weighted by Crippen LogP contribution is 2.47. The molecular formula is C32H40O4. The average Bonchev–Trinajstić information content (AvgIpc) is 2.80. The van der Waals surface area contributed by atoms with Crippen LogP contribution >= 0.6 is 0 Å².